The Labute approximate surface area is 92.7 Å². The minimum atomic E-state index is 0.671. The van der Waals surface area contributed by atoms with Gasteiger partial charge in [0.25, 0.3) is 0 Å². The highest BCUT2D eigenvalue weighted by molar-refractivity contribution is 7.10. The number of benzene rings is 1. The Morgan fingerprint density at radius 2 is 1.87 bits per heavy atom. The van der Waals surface area contributed by atoms with Gasteiger partial charge in [-0.3, -0.25) is 4.79 Å². The number of nitrogens with zero attached hydrogens (tertiary/aromatic N) is 1. The number of carbonyl (C=O) groups is 1. The van der Waals surface area contributed by atoms with E-state index in [1.807, 2.05) is 0 Å². The van der Waals surface area contributed by atoms with Gasteiger partial charge in [0.15, 0.2) is 6.29 Å². The summed E-state index contributed by atoms with van der Waals surface area (Å²) in [6.45, 7) is 4.11. The average Bonchev–Trinajstić information content (AvgIpc) is 2.63. The maximum absolute atomic E-state index is 10.8. The van der Waals surface area contributed by atoms with Crippen LogP contribution >= 0.6 is 11.5 Å². The third-order valence-corrected chi connectivity index (χ3v) is 3.07. The molecule has 0 N–H and O–H groups in total. The Morgan fingerprint density at radius 3 is 2.47 bits per heavy atom. The molecule has 0 spiro atoms. The molecule has 0 fully saturated rings. The number of aldehydes is 1. The first-order chi connectivity index (χ1) is 7.20. The molecule has 0 saturated carbocycles. The summed E-state index contributed by atoms with van der Waals surface area (Å²) in [5.74, 6) is 0. The van der Waals surface area contributed by atoms with Crippen LogP contribution in [0.4, 0.5) is 0 Å². The van der Waals surface area contributed by atoms with Crippen LogP contribution in [0, 0.1) is 13.8 Å². The van der Waals surface area contributed by atoms with Crippen LogP contribution in [-0.2, 0) is 0 Å². The highest BCUT2D eigenvalue weighted by Crippen LogP contribution is 2.28. The third-order valence-electron chi connectivity index (χ3n) is 2.21. The van der Waals surface area contributed by atoms with Crippen LogP contribution in [0.1, 0.15) is 21.5 Å². The second-order valence-electron chi connectivity index (χ2n) is 3.60. The van der Waals surface area contributed by atoms with Crippen molar-refractivity contribution in [2.45, 2.75) is 13.8 Å². The second kappa shape index (κ2) is 3.95. The van der Waals surface area contributed by atoms with Crippen LogP contribution < -0.4 is 0 Å². The van der Waals surface area contributed by atoms with E-state index in [0.717, 1.165) is 16.7 Å². The van der Waals surface area contributed by atoms with Crippen molar-refractivity contribution in [1.29, 1.82) is 0 Å². The normalized spacial score (nSPS) is 10.3. The molecule has 0 saturated heterocycles. The standard InChI is InChI=1S/C12H11NOS/c1-8-3-9(2)5-10(4-8)12-11(7-14)6-13-15-12/h3-7H,1-2H3. The van der Waals surface area contributed by atoms with Crippen molar-refractivity contribution in [2.24, 2.45) is 0 Å². The van der Waals surface area contributed by atoms with Gasteiger partial charge in [-0.25, -0.2) is 0 Å². The third kappa shape index (κ3) is 1.97. The molecule has 0 atom stereocenters. The van der Waals surface area contributed by atoms with Gasteiger partial charge in [0, 0.05) is 0 Å². The van der Waals surface area contributed by atoms with E-state index in [4.69, 9.17) is 0 Å². The maximum atomic E-state index is 10.8. The summed E-state index contributed by atoms with van der Waals surface area (Å²) < 4.78 is 4.04. The smallest absolute Gasteiger partial charge is 0.153 e. The van der Waals surface area contributed by atoms with Gasteiger partial charge in [0.1, 0.15) is 0 Å². The van der Waals surface area contributed by atoms with Crippen molar-refractivity contribution in [3.63, 3.8) is 0 Å². The van der Waals surface area contributed by atoms with E-state index in [1.165, 1.54) is 22.7 Å². The first kappa shape index (κ1) is 10.1. The zero-order valence-electron chi connectivity index (χ0n) is 8.65. The van der Waals surface area contributed by atoms with Crippen molar-refractivity contribution in [2.75, 3.05) is 0 Å². The summed E-state index contributed by atoms with van der Waals surface area (Å²) in [5.41, 5.74) is 4.16. The summed E-state index contributed by atoms with van der Waals surface area (Å²) in [6, 6.07) is 6.27. The number of aromatic nitrogens is 1. The first-order valence-electron chi connectivity index (χ1n) is 4.69. The fourth-order valence-electron chi connectivity index (χ4n) is 1.66. The zero-order chi connectivity index (χ0) is 10.8. The molecule has 1 aromatic carbocycles. The van der Waals surface area contributed by atoms with E-state index in [2.05, 4.69) is 36.4 Å². The summed E-state index contributed by atoms with van der Waals surface area (Å²) in [7, 11) is 0. The molecule has 1 aromatic heterocycles. The fraction of sp³-hybridized carbons (Fsp3) is 0.167. The molecule has 0 amide bonds. The molecule has 2 rings (SSSR count). The van der Waals surface area contributed by atoms with Gasteiger partial charge in [0.05, 0.1) is 16.6 Å². The van der Waals surface area contributed by atoms with Crippen molar-refractivity contribution in [3.05, 3.63) is 41.1 Å². The second-order valence-corrected chi connectivity index (χ2v) is 4.41. The molecule has 76 valence electrons. The SMILES string of the molecule is Cc1cc(C)cc(-c2sncc2C=O)c1. The number of rotatable bonds is 2. The van der Waals surface area contributed by atoms with E-state index in [-0.39, 0.29) is 0 Å². The van der Waals surface area contributed by atoms with Gasteiger partial charge in [0.2, 0.25) is 0 Å². The Balaban J connectivity index is 2.58. The van der Waals surface area contributed by atoms with Crippen molar-refractivity contribution in [3.8, 4) is 10.4 Å². The molecule has 3 heteroatoms. The van der Waals surface area contributed by atoms with Crippen molar-refractivity contribution < 1.29 is 4.79 Å². The van der Waals surface area contributed by atoms with Gasteiger partial charge in [-0.15, -0.1) is 0 Å². The van der Waals surface area contributed by atoms with Crippen molar-refractivity contribution >= 4 is 17.8 Å². The largest absolute Gasteiger partial charge is 0.298 e. The van der Waals surface area contributed by atoms with Gasteiger partial charge in [-0.2, -0.15) is 4.37 Å². The lowest BCUT2D eigenvalue weighted by molar-refractivity contribution is 0.112. The highest BCUT2D eigenvalue weighted by Gasteiger charge is 2.07. The number of carbonyl (C=O) groups excluding carboxylic acids is 1. The Hall–Kier alpha value is -1.48. The molecule has 0 unspecified atom stereocenters. The number of hydrogen-bond acceptors (Lipinski definition) is 3. The molecule has 15 heavy (non-hydrogen) atoms. The number of aryl methyl sites for hydroxylation is 2. The summed E-state index contributed by atoms with van der Waals surface area (Å²) in [4.78, 5) is 11.8. The lowest BCUT2D eigenvalue weighted by Crippen LogP contribution is -1.83. The molecular formula is C12H11NOS. The Bertz CT molecular complexity index is 482. The van der Waals surface area contributed by atoms with Gasteiger partial charge in [-0.05, 0) is 30.9 Å². The lowest BCUT2D eigenvalue weighted by Gasteiger charge is -2.02. The highest BCUT2D eigenvalue weighted by atomic mass is 32.1. The first-order valence-corrected chi connectivity index (χ1v) is 5.46. The molecular weight excluding hydrogens is 206 g/mol. The zero-order valence-corrected chi connectivity index (χ0v) is 9.47. The predicted molar refractivity (Wildman–Crippen MR) is 62.4 cm³/mol. The Morgan fingerprint density at radius 1 is 1.20 bits per heavy atom. The lowest BCUT2D eigenvalue weighted by atomic mass is 10.0. The van der Waals surface area contributed by atoms with E-state index in [0.29, 0.717) is 5.56 Å². The van der Waals surface area contributed by atoms with E-state index in [9.17, 15) is 4.79 Å². The summed E-state index contributed by atoms with van der Waals surface area (Å²) in [6.07, 6.45) is 2.47. The molecule has 0 radical (unpaired) electrons. The van der Waals surface area contributed by atoms with E-state index < -0.39 is 0 Å². The quantitative estimate of drug-likeness (QED) is 0.723. The maximum Gasteiger partial charge on any atom is 0.153 e. The molecule has 0 bridgehead atoms. The van der Waals surface area contributed by atoms with Gasteiger partial charge in [-0.1, -0.05) is 29.3 Å². The van der Waals surface area contributed by atoms with Crippen LogP contribution in [-0.4, -0.2) is 10.7 Å². The van der Waals surface area contributed by atoms with Crippen LogP contribution in [0.5, 0.6) is 0 Å². The fourth-order valence-corrected chi connectivity index (χ4v) is 2.36. The molecule has 0 aliphatic carbocycles. The van der Waals surface area contributed by atoms with Crippen LogP contribution in [0.25, 0.3) is 10.4 Å². The molecule has 2 aromatic rings. The molecule has 0 aliphatic heterocycles. The number of hydrogen-bond donors (Lipinski definition) is 0. The van der Waals surface area contributed by atoms with Crippen LogP contribution in [0.3, 0.4) is 0 Å². The van der Waals surface area contributed by atoms with Crippen LogP contribution in [0.2, 0.25) is 0 Å². The summed E-state index contributed by atoms with van der Waals surface area (Å²) in [5, 5.41) is 0. The molecule has 1 heterocycles. The topological polar surface area (TPSA) is 30.0 Å². The van der Waals surface area contributed by atoms with Crippen molar-refractivity contribution in [1.82, 2.24) is 4.37 Å². The molecule has 0 aliphatic rings. The molecule has 2 nitrogen and oxygen atoms in total. The predicted octanol–water partition coefficient (Wildman–Crippen LogP) is 3.24. The Kier molecular flexibility index (Phi) is 2.64. The van der Waals surface area contributed by atoms with E-state index in [1.54, 1.807) is 6.20 Å². The average molecular weight is 217 g/mol. The van der Waals surface area contributed by atoms with Gasteiger partial charge < -0.3 is 0 Å². The monoisotopic (exact) mass is 217 g/mol. The summed E-state index contributed by atoms with van der Waals surface area (Å²) >= 11 is 1.36. The minimum Gasteiger partial charge on any atom is -0.298 e. The minimum absolute atomic E-state index is 0.671. The van der Waals surface area contributed by atoms with E-state index >= 15 is 0 Å². The van der Waals surface area contributed by atoms with Gasteiger partial charge >= 0.3 is 0 Å². The van der Waals surface area contributed by atoms with Crippen LogP contribution in [0.15, 0.2) is 24.4 Å².